The first kappa shape index (κ1) is 20.0. The van der Waals surface area contributed by atoms with Crippen LogP contribution in [0, 0.1) is 6.92 Å². The minimum atomic E-state index is 0.0171. The maximum Gasteiger partial charge on any atom is 0.317 e. The number of aromatic nitrogens is 1. The number of piperidine rings is 1. The summed E-state index contributed by atoms with van der Waals surface area (Å²) in [6.07, 6.45) is 1.91. The van der Waals surface area contributed by atoms with Crippen LogP contribution in [0.4, 0.5) is 4.79 Å². The lowest BCUT2D eigenvalue weighted by Gasteiger charge is -2.46. The van der Waals surface area contributed by atoms with Gasteiger partial charge in [0.05, 0.1) is 0 Å². The second-order valence-corrected chi connectivity index (χ2v) is 8.64. The summed E-state index contributed by atoms with van der Waals surface area (Å²) >= 11 is 0. The van der Waals surface area contributed by atoms with Crippen LogP contribution >= 0.6 is 0 Å². The first-order chi connectivity index (χ1) is 13.8. The molecule has 2 amide bonds. The van der Waals surface area contributed by atoms with Gasteiger partial charge in [0.15, 0.2) is 5.78 Å². The summed E-state index contributed by atoms with van der Waals surface area (Å²) in [6.45, 7) is 10.0. The molecule has 1 saturated heterocycles. The molecule has 0 saturated carbocycles. The van der Waals surface area contributed by atoms with E-state index in [1.54, 1.807) is 6.92 Å². The van der Waals surface area contributed by atoms with Crippen LogP contribution in [0.25, 0.3) is 10.9 Å². The van der Waals surface area contributed by atoms with Gasteiger partial charge in [0.1, 0.15) is 0 Å². The fraction of sp³-hybridized carbons (Fsp3) is 0.565. The lowest BCUT2D eigenvalue weighted by Crippen LogP contribution is -2.56. The average Bonchev–Trinajstić information content (AvgIpc) is 2.99. The van der Waals surface area contributed by atoms with Crippen molar-refractivity contribution in [2.45, 2.75) is 58.5 Å². The minimum absolute atomic E-state index is 0.0171. The first-order valence-corrected chi connectivity index (χ1v) is 10.8. The number of hydrogen-bond donors (Lipinski definition) is 2. The normalized spacial score (nSPS) is 23.7. The van der Waals surface area contributed by atoms with Gasteiger partial charge < -0.3 is 20.1 Å². The number of aromatic amines is 1. The van der Waals surface area contributed by atoms with Crippen LogP contribution in [0.1, 0.15) is 60.3 Å². The van der Waals surface area contributed by atoms with E-state index in [1.165, 1.54) is 22.2 Å². The molecule has 2 aromatic rings. The van der Waals surface area contributed by atoms with Gasteiger partial charge in [-0.15, -0.1) is 0 Å². The zero-order valence-corrected chi connectivity index (χ0v) is 18.1. The van der Waals surface area contributed by atoms with E-state index >= 15 is 0 Å². The molecule has 6 nitrogen and oxygen atoms in total. The summed E-state index contributed by atoms with van der Waals surface area (Å²) < 4.78 is 0. The third-order valence-corrected chi connectivity index (χ3v) is 6.92. The summed E-state index contributed by atoms with van der Waals surface area (Å²) in [6, 6.07) is 4.60. The molecular weight excluding hydrogens is 364 g/mol. The Morgan fingerprint density at radius 3 is 2.66 bits per heavy atom. The number of amides is 2. The minimum Gasteiger partial charge on any atom is -0.358 e. The number of fused-ring (bicyclic) bond motifs is 2. The smallest absolute Gasteiger partial charge is 0.317 e. The topological polar surface area (TPSA) is 68.4 Å². The highest BCUT2D eigenvalue weighted by Gasteiger charge is 2.41. The number of carbonyl (C=O) groups excluding carboxylic acids is 2. The van der Waals surface area contributed by atoms with Crippen LogP contribution in [-0.4, -0.2) is 65.4 Å². The molecule has 3 atom stereocenters. The molecule has 1 aromatic heterocycles. The van der Waals surface area contributed by atoms with Gasteiger partial charge in [-0.2, -0.15) is 0 Å². The highest BCUT2D eigenvalue weighted by Crippen LogP contribution is 2.44. The summed E-state index contributed by atoms with van der Waals surface area (Å²) in [5.41, 5.74) is 5.67. The summed E-state index contributed by atoms with van der Waals surface area (Å²) in [5.74, 6) is 0.398. The molecule has 4 rings (SSSR count). The average molecular weight is 397 g/mol. The molecule has 0 radical (unpaired) electrons. The van der Waals surface area contributed by atoms with Crippen molar-refractivity contribution in [3.63, 3.8) is 0 Å². The molecule has 2 heterocycles. The van der Waals surface area contributed by atoms with E-state index in [0.717, 1.165) is 30.5 Å². The molecule has 0 spiro atoms. The number of hydrogen-bond acceptors (Lipinski definition) is 3. The highest BCUT2D eigenvalue weighted by molar-refractivity contribution is 6.00. The van der Waals surface area contributed by atoms with Crippen LogP contribution in [0.5, 0.6) is 0 Å². The van der Waals surface area contributed by atoms with Crippen LogP contribution < -0.4 is 5.32 Å². The number of nitrogens with one attached hydrogen (secondary N) is 2. The third-order valence-electron chi connectivity index (χ3n) is 6.92. The van der Waals surface area contributed by atoms with E-state index in [-0.39, 0.29) is 17.9 Å². The van der Waals surface area contributed by atoms with E-state index in [4.69, 9.17) is 0 Å². The predicted octanol–water partition coefficient (Wildman–Crippen LogP) is 3.44. The second-order valence-electron chi connectivity index (χ2n) is 8.64. The van der Waals surface area contributed by atoms with Crippen molar-refractivity contribution < 1.29 is 9.59 Å². The Labute approximate surface area is 172 Å². The van der Waals surface area contributed by atoms with Crippen molar-refractivity contribution in [1.29, 1.82) is 0 Å². The molecule has 1 aromatic carbocycles. The molecule has 156 valence electrons. The number of rotatable bonds is 4. The van der Waals surface area contributed by atoms with E-state index in [9.17, 15) is 9.59 Å². The van der Waals surface area contributed by atoms with E-state index in [0.29, 0.717) is 25.0 Å². The lowest BCUT2D eigenvalue weighted by atomic mass is 9.73. The van der Waals surface area contributed by atoms with Crippen molar-refractivity contribution in [3.8, 4) is 0 Å². The second kappa shape index (κ2) is 7.48. The number of likely N-dealkylation sites (tertiary alicyclic amines) is 1. The largest absolute Gasteiger partial charge is 0.358 e. The Morgan fingerprint density at radius 2 is 2.00 bits per heavy atom. The lowest BCUT2D eigenvalue weighted by molar-refractivity contribution is 0.101. The molecular formula is C23H32N4O2. The number of H-pyrrole nitrogens is 1. The van der Waals surface area contributed by atoms with Gasteiger partial charge in [0, 0.05) is 59.8 Å². The zero-order valence-electron chi connectivity index (χ0n) is 18.1. The van der Waals surface area contributed by atoms with Crippen LogP contribution in [-0.2, 0) is 6.42 Å². The Morgan fingerprint density at radius 1 is 1.28 bits per heavy atom. The number of benzene rings is 1. The van der Waals surface area contributed by atoms with Gasteiger partial charge in [0.25, 0.3) is 0 Å². The zero-order chi connectivity index (χ0) is 20.9. The van der Waals surface area contributed by atoms with E-state index < -0.39 is 0 Å². The fourth-order valence-electron chi connectivity index (χ4n) is 5.37. The number of aryl methyl sites for hydroxylation is 1. The predicted molar refractivity (Wildman–Crippen MR) is 116 cm³/mol. The van der Waals surface area contributed by atoms with Gasteiger partial charge in [-0.3, -0.25) is 4.79 Å². The molecule has 6 heteroatoms. The maximum atomic E-state index is 12.6. The molecule has 1 aliphatic carbocycles. The molecule has 1 unspecified atom stereocenters. The van der Waals surface area contributed by atoms with Gasteiger partial charge >= 0.3 is 6.03 Å². The molecule has 29 heavy (non-hydrogen) atoms. The number of likely N-dealkylation sites (N-methyl/N-ethyl adjacent to an activating group) is 1. The maximum absolute atomic E-state index is 12.6. The number of carbonyl (C=O) groups is 2. The van der Waals surface area contributed by atoms with Gasteiger partial charge in [-0.1, -0.05) is 0 Å². The Hall–Kier alpha value is -2.34. The highest BCUT2D eigenvalue weighted by atomic mass is 16.2. The molecule has 1 fully saturated rings. The van der Waals surface area contributed by atoms with Crippen molar-refractivity contribution in [2.24, 2.45) is 0 Å². The number of urea groups is 1. The standard InChI is InChI=1S/C23H32N4O2/c1-6-27(7-2)23(29)25-16-10-18-19-8-15(14(4)28)9-20-22(19)17(13(3)24-20)11-21(18)26(5)12-16/h8-9,16,18,21,24H,6-7,10-12H2,1-5H3,(H,25,29)/t16-,18?,21+/m0/s1. The van der Waals surface area contributed by atoms with Crippen molar-refractivity contribution >= 4 is 22.7 Å². The third kappa shape index (κ3) is 3.33. The first-order valence-electron chi connectivity index (χ1n) is 10.8. The Kier molecular flexibility index (Phi) is 5.15. The van der Waals surface area contributed by atoms with Crippen molar-refractivity contribution in [1.82, 2.24) is 20.1 Å². The SMILES string of the molecule is CCN(CC)C(=O)N[C@H]1CC2c3cc(C(C)=O)cc4[nH]c(C)c(c34)C[C@H]2N(C)C1. The quantitative estimate of drug-likeness (QED) is 0.778. The van der Waals surface area contributed by atoms with Gasteiger partial charge in [-0.25, -0.2) is 4.79 Å². The monoisotopic (exact) mass is 396 g/mol. The Balaban J connectivity index is 1.71. The summed E-state index contributed by atoms with van der Waals surface area (Å²) in [7, 11) is 2.16. The van der Waals surface area contributed by atoms with Crippen LogP contribution in [0.15, 0.2) is 12.1 Å². The van der Waals surface area contributed by atoms with Crippen LogP contribution in [0.3, 0.4) is 0 Å². The van der Waals surface area contributed by atoms with Gasteiger partial charge in [0.2, 0.25) is 0 Å². The number of ketones is 1. The molecule has 2 N–H and O–H groups in total. The van der Waals surface area contributed by atoms with Crippen molar-refractivity contribution in [3.05, 3.63) is 34.5 Å². The fourth-order valence-corrected chi connectivity index (χ4v) is 5.37. The van der Waals surface area contributed by atoms with Gasteiger partial charge in [-0.05, 0) is 70.8 Å². The van der Waals surface area contributed by atoms with Crippen molar-refractivity contribution in [2.75, 3.05) is 26.7 Å². The molecule has 2 aliphatic rings. The number of Topliss-reactive ketones (excluding diaryl/α,β-unsaturated/α-hetero) is 1. The van der Waals surface area contributed by atoms with Crippen LogP contribution in [0.2, 0.25) is 0 Å². The number of nitrogens with zero attached hydrogens (tertiary/aromatic N) is 2. The molecule has 0 bridgehead atoms. The molecule has 1 aliphatic heterocycles. The summed E-state index contributed by atoms with van der Waals surface area (Å²) in [5, 5.41) is 4.54. The Bertz CT molecular complexity index is 959. The van der Waals surface area contributed by atoms with E-state index in [1.807, 2.05) is 24.8 Å². The van der Waals surface area contributed by atoms with E-state index in [2.05, 4.69) is 35.2 Å². The summed E-state index contributed by atoms with van der Waals surface area (Å²) in [4.78, 5) is 32.5.